The van der Waals surface area contributed by atoms with Crippen LogP contribution in [0.1, 0.15) is 18.1 Å². The highest BCUT2D eigenvalue weighted by Crippen LogP contribution is 2.34. The van der Waals surface area contributed by atoms with Crippen LogP contribution in [0.2, 0.25) is 0 Å². The maximum absolute atomic E-state index is 13.0. The van der Waals surface area contributed by atoms with Gasteiger partial charge in [-0.25, -0.2) is 4.79 Å². The molecule has 1 aromatic heterocycles. The van der Waals surface area contributed by atoms with Crippen molar-refractivity contribution in [2.45, 2.75) is 13.1 Å². The Kier molecular flexibility index (Phi) is 4.31. The van der Waals surface area contributed by atoms with E-state index in [2.05, 4.69) is 10.5 Å². The number of hydrogen-bond donors (Lipinski definition) is 1. The van der Waals surface area contributed by atoms with Crippen LogP contribution in [0.15, 0.2) is 68.9 Å². The summed E-state index contributed by atoms with van der Waals surface area (Å²) in [6.07, 6.45) is -4.50. The Morgan fingerprint density at radius 3 is 2.52 bits per heavy atom. The van der Waals surface area contributed by atoms with Gasteiger partial charge in [-0.1, -0.05) is 30.3 Å². The molecular formula is C18H13F3N2O2. The standard InChI is InChI=1S/C18H13F3N2O2/c1-11(13-10-12-6-2-5-9-16(12)25-17(13)24)22-23-15-8-4-3-7-14(15)18(19,20)21/h2-10,23H,1H3/b22-11-. The van der Waals surface area contributed by atoms with Crippen LogP contribution in [0.5, 0.6) is 0 Å². The molecule has 0 aliphatic rings. The molecule has 3 rings (SSSR count). The van der Waals surface area contributed by atoms with Crippen LogP contribution in [0.3, 0.4) is 0 Å². The van der Waals surface area contributed by atoms with Gasteiger partial charge >= 0.3 is 11.8 Å². The van der Waals surface area contributed by atoms with Gasteiger partial charge in [0.2, 0.25) is 0 Å². The van der Waals surface area contributed by atoms with Gasteiger partial charge in [0.1, 0.15) is 5.58 Å². The molecule has 25 heavy (non-hydrogen) atoms. The number of benzene rings is 2. The number of alkyl halides is 3. The Morgan fingerprint density at radius 2 is 1.76 bits per heavy atom. The van der Waals surface area contributed by atoms with E-state index >= 15 is 0 Å². The van der Waals surface area contributed by atoms with E-state index < -0.39 is 17.4 Å². The van der Waals surface area contributed by atoms with Gasteiger partial charge < -0.3 is 4.42 Å². The molecule has 3 aromatic rings. The number of hydrazone groups is 1. The Bertz CT molecular complexity index is 1010. The summed E-state index contributed by atoms with van der Waals surface area (Å²) < 4.78 is 44.1. The first kappa shape index (κ1) is 16.8. The Morgan fingerprint density at radius 1 is 1.08 bits per heavy atom. The number of anilines is 1. The van der Waals surface area contributed by atoms with E-state index in [0.717, 1.165) is 6.07 Å². The van der Waals surface area contributed by atoms with Crippen molar-refractivity contribution >= 4 is 22.4 Å². The third kappa shape index (κ3) is 3.55. The maximum Gasteiger partial charge on any atom is 0.418 e. The molecule has 128 valence electrons. The molecule has 0 atom stereocenters. The molecule has 0 aliphatic heterocycles. The molecule has 0 fully saturated rings. The summed E-state index contributed by atoms with van der Waals surface area (Å²) in [6.45, 7) is 1.52. The van der Waals surface area contributed by atoms with Crippen LogP contribution in [-0.2, 0) is 6.18 Å². The first-order valence-corrected chi connectivity index (χ1v) is 7.36. The Hall–Kier alpha value is -3.09. The quantitative estimate of drug-likeness (QED) is 0.427. The van der Waals surface area contributed by atoms with E-state index in [9.17, 15) is 18.0 Å². The highest BCUT2D eigenvalue weighted by Gasteiger charge is 2.33. The number of nitrogens with zero attached hydrogens (tertiary/aromatic N) is 1. The fourth-order valence-corrected chi connectivity index (χ4v) is 2.35. The van der Waals surface area contributed by atoms with Crippen LogP contribution < -0.4 is 11.1 Å². The lowest BCUT2D eigenvalue weighted by atomic mass is 10.1. The summed E-state index contributed by atoms with van der Waals surface area (Å²) in [5.41, 5.74) is 1.57. The Labute approximate surface area is 140 Å². The molecule has 0 aliphatic carbocycles. The molecule has 0 radical (unpaired) electrons. The zero-order valence-corrected chi connectivity index (χ0v) is 13.1. The van der Waals surface area contributed by atoms with Gasteiger partial charge in [0, 0.05) is 5.39 Å². The van der Waals surface area contributed by atoms with Crippen molar-refractivity contribution in [1.82, 2.24) is 0 Å². The van der Waals surface area contributed by atoms with E-state index in [4.69, 9.17) is 4.42 Å². The van der Waals surface area contributed by atoms with E-state index in [1.165, 1.54) is 25.1 Å². The zero-order chi connectivity index (χ0) is 18.0. The molecule has 7 heteroatoms. The number of hydrogen-bond acceptors (Lipinski definition) is 4. The van der Waals surface area contributed by atoms with Crippen molar-refractivity contribution in [1.29, 1.82) is 0 Å². The van der Waals surface area contributed by atoms with Crippen molar-refractivity contribution in [3.63, 3.8) is 0 Å². The molecule has 0 spiro atoms. The van der Waals surface area contributed by atoms with Gasteiger partial charge in [0.05, 0.1) is 22.5 Å². The predicted octanol–water partition coefficient (Wildman–Crippen LogP) is 4.65. The van der Waals surface area contributed by atoms with Crippen LogP contribution in [0.4, 0.5) is 18.9 Å². The summed E-state index contributed by atoms with van der Waals surface area (Å²) in [4.78, 5) is 12.1. The van der Waals surface area contributed by atoms with Gasteiger partial charge in [-0.05, 0) is 31.2 Å². The van der Waals surface area contributed by atoms with Crippen LogP contribution >= 0.6 is 0 Å². The molecule has 0 bridgehead atoms. The van der Waals surface area contributed by atoms with Crippen LogP contribution in [0.25, 0.3) is 11.0 Å². The van der Waals surface area contributed by atoms with E-state index in [0.29, 0.717) is 11.0 Å². The second-order valence-corrected chi connectivity index (χ2v) is 5.34. The highest BCUT2D eigenvalue weighted by atomic mass is 19.4. The smallest absolute Gasteiger partial charge is 0.418 e. The normalized spacial score (nSPS) is 12.4. The maximum atomic E-state index is 13.0. The average Bonchev–Trinajstić information content (AvgIpc) is 2.58. The van der Waals surface area contributed by atoms with Crippen molar-refractivity contribution in [2.24, 2.45) is 5.10 Å². The van der Waals surface area contributed by atoms with Gasteiger partial charge in [0.25, 0.3) is 0 Å². The molecular weight excluding hydrogens is 333 g/mol. The number of nitrogens with one attached hydrogen (secondary N) is 1. The van der Waals surface area contributed by atoms with Crippen LogP contribution in [-0.4, -0.2) is 5.71 Å². The summed E-state index contributed by atoms with van der Waals surface area (Å²) >= 11 is 0. The Balaban J connectivity index is 1.96. The molecule has 0 saturated heterocycles. The second kappa shape index (κ2) is 6.43. The SMILES string of the molecule is C/C(=N/Nc1ccccc1C(F)(F)F)c1cc2ccccc2oc1=O. The first-order valence-electron chi connectivity index (χ1n) is 7.36. The molecule has 1 heterocycles. The minimum Gasteiger partial charge on any atom is -0.422 e. The summed E-state index contributed by atoms with van der Waals surface area (Å²) in [6, 6.07) is 13.5. The van der Waals surface area contributed by atoms with Gasteiger partial charge in [-0.15, -0.1) is 0 Å². The lowest BCUT2D eigenvalue weighted by Gasteiger charge is -2.12. The number of fused-ring (bicyclic) bond motifs is 1. The van der Waals surface area contributed by atoms with Crippen LogP contribution in [0, 0.1) is 0 Å². The third-order valence-electron chi connectivity index (χ3n) is 3.61. The molecule has 0 saturated carbocycles. The molecule has 0 amide bonds. The molecule has 4 nitrogen and oxygen atoms in total. The minimum absolute atomic E-state index is 0.177. The van der Waals surface area contributed by atoms with E-state index in [1.54, 1.807) is 30.3 Å². The van der Waals surface area contributed by atoms with E-state index in [-0.39, 0.29) is 17.0 Å². The van der Waals surface area contributed by atoms with Crippen molar-refractivity contribution in [2.75, 3.05) is 5.43 Å². The number of rotatable bonds is 3. The summed E-state index contributed by atoms with van der Waals surface area (Å²) in [5.74, 6) is 0. The molecule has 1 N–H and O–H groups in total. The van der Waals surface area contributed by atoms with Crippen molar-refractivity contribution < 1.29 is 17.6 Å². The predicted molar refractivity (Wildman–Crippen MR) is 89.8 cm³/mol. The van der Waals surface area contributed by atoms with Gasteiger partial charge in [0.15, 0.2) is 0 Å². The lowest BCUT2D eigenvalue weighted by molar-refractivity contribution is -0.136. The first-order chi connectivity index (χ1) is 11.9. The molecule has 0 unspecified atom stereocenters. The van der Waals surface area contributed by atoms with Gasteiger partial charge in [-0.2, -0.15) is 18.3 Å². The van der Waals surface area contributed by atoms with Gasteiger partial charge in [-0.3, -0.25) is 5.43 Å². The number of para-hydroxylation sites is 2. The topological polar surface area (TPSA) is 54.6 Å². The highest BCUT2D eigenvalue weighted by molar-refractivity contribution is 6.00. The van der Waals surface area contributed by atoms with Crippen molar-refractivity contribution in [3.8, 4) is 0 Å². The largest absolute Gasteiger partial charge is 0.422 e. The summed E-state index contributed by atoms with van der Waals surface area (Å²) in [7, 11) is 0. The second-order valence-electron chi connectivity index (χ2n) is 5.34. The fraction of sp³-hybridized carbons (Fsp3) is 0.111. The zero-order valence-electron chi connectivity index (χ0n) is 13.1. The summed E-state index contributed by atoms with van der Waals surface area (Å²) in [5, 5.41) is 4.61. The third-order valence-corrected chi connectivity index (χ3v) is 3.61. The van der Waals surface area contributed by atoms with Crippen molar-refractivity contribution in [3.05, 3.63) is 76.1 Å². The monoisotopic (exact) mass is 346 g/mol. The van der Waals surface area contributed by atoms with E-state index in [1.807, 2.05) is 0 Å². The fourth-order valence-electron chi connectivity index (χ4n) is 2.35. The number of halogens is 3. The molecule has 2 aromatic carbocycles. The average molecular weight is 346 g/mol. The lowest BCUT2D eigenvalue weighted by Crippen LogP contribution is -2.14. The minimum atomic E-state index is -4.50.